The molecule has 84 valence electrons. The maximum absolute atomic E-state index is 4.18. The van der Waals surface area contributed by atoms with Gasteiger partial charge >= 0.3 is 0 Å². The van der Waals surface area contributed by atoms with E-state index >= 15 is 0 Å². The Labute approximate surface area is 95.3 Å². The first kappa shape index (κ1) is 10.7. The monoisotopic (exact) mass is 216 g/mol. The Kier molecular flexibility index (Phi) is 3.19. The lowest BCUT2D eigenvalue weighted by Crippen LogP contribution is -2.07. The van der Waals surface area contributed by atoms with Gasteiger partial charge in [-0.05, 0) is 18.1 Å². The number of aromatic nitrogens is 3. The van der Waals surface area contributed by atoms with Gasteiger partial charge in [0.05, 0.1) is 6.54 Å². The molecule has 1 N–H and O–H groups in total. The molecule has 16 heavy (non-hydrogen) atoms. The lowest BCUT2D eigenvalue weighted by molar-refractivity contribution is 0.712. The van der Waals surface area contributed by atoms with E-state index in [1.165, 1.54) is 11.3 Å². The average molecular weight is 216 g/mol. The van der Waals surface area contributed by atoms with Gasteiger partial charge in [-0.2, -0.15) is 5.10 Å². The van der Waals surface area contributed by atoms with Crippen molar-refractivity contribution in [1.82, 2.24) is 14.8 Å². The zero-order chi connectivity index (χ0) is 11.4. The van der Waals surface area contributed by atoms with E-state index in [0.717, 1.165) is 12.2 Å². The molecule has 2 aromatic rings. The molecule has 0 aliphatic heterocycles. The van der Waals surface area contributed by atoms with Crippen LogP contribution in [0, 0.1) is 0 Å². The van der Waals surface area contributed by atoms with Crippen LogP contribution in [0.2, 0.25) is 0 Å². The van der Waals surface area contributed by atoms with Gasteiger partial charge in [0.1, 0.15) is 12.2 Å². The van der Waals surface area contributed by atoms with E-state index in [-0.39, 0.29) is 0 Å². The van der Waals surface area contributed by atoms with E-state index in [4.69, 9.17) is 0 Å². The fourth-order valence-electron chi connectivity index (χ4n) is 1.66. The zero-order valence-corrected chi connectivity index (χ0v) is 9.64. The quantitative estimate of drug-likeness (QED) is 0.850. The first-order valence-corrected chi connectivity index (χ1v) is 5.46. The molecule has 0 fully saturated rings. The number of anilines is 1. The van der Waals surface area contributed by atoms with Crippen LogP contribution in [-0.2, 0) is 20.0 Å². The molecule has 1 aromatic heterocycles. The average Bonchev–Trinajstić information content (AvgIpc) is 2.72. The molecule has 0 amide bonds. The van der Waals surface area contributed by atoms with Gasteiger partial charge in [0, 0.05) is 12.7 Å². The molecule has 0 bridgehead atoms. The minimum Gasteiger partial charge on any atom is -0.378 e. The van der Waals surface area contributed by atoms with E-state index in [1.807, 2.05) is 13.1 Å². The van der Waals surface area contributed by atoms with Gasteiger partial charge in [0.15, 0.2) is 0 Å². The fourth-order valence-corrected chi connectivity index (χ4v) is 1.66. The highest BCUT2D eigenvalue weighted by Gasteiger charge is 2.02. The predicted molar refractivity (Wildman–Crippen MR) is 64.1 cm³/mol. The van der Waals surface area contributed by atoms with E-state index in [2.05, 4.69) is 40.5 Å². The van der Waals surface area contributed by atoms with Crippen LogP contribution >= 0.6 is 0 Å². The minimum absolute atomic E-state index is 0.702. The van der Waals surface area contributed by atoms with Crippen molar-refractivity contribution in [3.05, 3.63) is 42.0 Å². The van der Waals surface area contributed by atoms with Crippen LogP contribution in [0.15, 0.2) is 30.6 Å². The van der Waals surface area contributed by atoms with Crippen molar-refractivity contribution >= 4 is 5.69 Å². The van der Waals surface area contributed by atoms with Crippen LogP contribution in [0.25, 0.3) is 0 Å². The van der Waals surface area contributed by atoms with Gasteiger partial charge in [-0.25, -0.2) is 4.98 Å². The van der Waals surface area contributed by atoms with Crippen molar-refractivity contribution in [3.63, 3.8) is 0 Å². The van der Waals surface area contributed by atoms with Crippen molar-refractivity contribution in [2.24, 2.45) is 7.05 Å². The summed E-state index contributed by atoms with van der Waals surface area (Å²) in [4.78, 5) is 4.18. The van der Waals surface area contributed by atoms with Crippen molar-refractivity contribution < 1.29 is 0 Å². The lowest BCUT2D eigenvalue weighted by Gasteiger charge is -2.09. The Morgan fingerprint density at radius 2 is 2.12 bits per heavy atom. The number of hydrogen-bond donors (Lipinski definition) is 1. The highest BCUT2D eigenvalue weighted by Crippen LogP contribution is 2.15. The fraction of sp³-hybridized carbons (Fsp3) is 0.333. The third kappa shape index (κ3) is 2.21. The molecule has 0 aliphatic rings. The molecule has 0 atom stereocenters. The predicted octanol–water partition coefficient (Wildman–Crippen LogP) is 1.99. The van der Waals surface area contributed by atoms with Crippen LogP contribution in [0.4, 0.5) is 5.69 Å². The van der Waals surface area contributed by atoms with Crippen molar-refractivity contribution in [2.45, 2.75) is 19.9 Å². The molecule has 2 rings (SSSR count). The Balaban J connectivity index is 2.07. The Hall–Kier alpha value is -1.84. The van der Waals surface area contributed by atoms with Crippen LogP contribution in [0.5, 0.6) is 0 Å². The van der Waals surface area contributed by atoms with Gasteiger partial charge in [0.25, 0.3) is 0 Å². The smallest absolute Gasteiger partial charge is 0.145 e. The molecule has 0 saturated heterocycles. The first-order chi connectivity index (χ1) is 7.81. The van der Waals surface area contributed by atoms with Gasteiger partial charge in [0.2, 0.25) is 0 Å². The molecule has 1 heterocycles. The van der Waals surface area contributed by atoms with Gasteiger partial charge in [-0.1, -0.05) is 25.1 Å². The molecule has 0 radical (unpaired) electrons. The highest BCUT2D eigenvalue weighted by molar-refractivity contribution is 5.50. The number of nitrogens with zero attached hydrogens (tertiary/aromatic N) is 3. The number of nitrogens with one attached hydrogen (secondary N) is 1. The Morgan fingerprint density at radius 1 is 1.31 bits per heavy atom. The Bertz CT molecular complexity index is 462. The second-order valence-corrected chi connectivity index (χ2v) is 3.66. The summed E-state index contributed by atoms with van der Waals surface area (Å²) in [5, 5.41) is 7.42. The number of para-hydroxylation sites is 1. The molecule has 0 saturated carbocycles. The van der Waals surface area contributed by atoms with E-state index in [0.29, 0.717) is 6.54 Å². The van der Waals surface area contributed by atoms with E-state index in [1.54, 1.807) is 11.0 Å². The maximum Gasteiger partial charge on any atom is 0.145 e. The molecule has 4 heteroatoms. The topological polar surface area (TPSA) is 42.7 Å². The summed E-state index contributed by atoms with van der Waals surface area (Å²) < 4.78 is 1.78. The summed E-state index contributed by atoms with van der Waals surface area (Å²) in [6.45, 7) is 2.86. The maximum atomic E-state index is 4.18. The summed E-state index contributed by atoms with van der Waals surface area (Å²) in [7, 11) is 1.90. The normalized spacial score (nSPS) is 10.4. The molecule has 1 aromatic carbocycles. The number of aryl methyl sites for hydroxylation is 2. The summed E-state index contributed by atoms with van der Waals surface area (Å²) in [5.41, 5.74) is 2.50. The highest BCUT2D eigenvalue weighted by atomic mass is 15.3. The third-order valence-corrected chi connectivity index (χ3v) is 2.64. The molecule has 0 aliphatic carbocycles. The summed E-state index contributed by atoms with van der Waals surface area (Å²) in [5.74, 6) is 0.936. The summed E-state index contributed by atoms with van der Waals surface area (Å²) >= 11 is 0. The number of rotatable bonds is 4. The molecular weight excluding hydrogens is 200 g/mol. The Morgan fingerprint density at radius 3 is 2.81 bits per heavy atom. The molecule has 0 spiro atoms. The second-order valence-electron chi connectivity index (χ2n) is 3.66. The van der Waals surface area contributed by atoms with Gasteiger partial charge in [-0.3, -0.25) is 4.68 Å². The van der Waals surface area contributed by atoms with Crippen molar-refractivity contribution in [2.75, 3.05) is 5.32 Å². The third-order valence-electron chi connectivity index (χ3n) is 2.64. The van der Waals surface area contributed by atoms with Gasteiger partial charge in [-0.15, -0.1) is 0 Å². The standard InChI is InChI=1S/C12H16N4/c1-3-10-6-4-5-7-11(10)13-8-12-14-9-15-16(12)2/h4-7,9,13H,3,8H2,1-2H3. The number of hydrogen-bond acceptors (Lipinski definition) is 3. The van der Waals surface area contributed by atoms with Crippen molar-refractivity contribution in [1.29, 1.82) is 0 Å². The second kappa shape index (κ2) is 4.79. The summed E-state index contributed by atoms with van der Waals surface area (Å²) in [6, 6.07) is 8.33. The zero-order valence-electron chi connectivity index (χ0n) is 9.64. The van der Waals surface area contributed by atoms with Crippen LogP contribution < -0.4 is 5.32 Å². The van der Waals surface area contributed by atoms with Crippen LogP contribution in [-0.4, -0.2) is 14.8 Å². The summed E-state index contributed by atoms with van der Waals surface area (Å²) in [6.07, 6.45) is 2.60. The minimum atomic E-state index is 0.702. The molecule has 4 nitrogen and oxygen atoms in total. The SMILES string of the molecule is CCc1ccccc1NCc1ncnn1C. The van der Waals surface area contributed by atoms with Crippen LogP contribution in [0.1, 0.15) is 18.3 Å². The first-order valence-electron chi connectivity index (χ1n) is 5.46. The number of benzene rings is 1. The van der Waals surface area contributed by atoms with Crippen molar-refractivity contribution in [3.8, 4) is 0 Å². The van der Waals surface area contributed by atoms with Gasteiger partial charge < -0.3 is 5.32 Å². The van der Waals surface area contributed by atoms with Crippen LogP contribution in [0.3, 0.4) is 0 Å². The van der Waals surface area contributed by atoms with E-state index < -0.39 is 0 Å². The molecular formula is C12H16N4. The molecule has 0 unspecified atom stereocenters. The lowest BCUT2D eigenvalue weighted by atomic mass is 10.1. The largest absolute Gasteiger partial charge is 0.378 e. The van der Waals surface area contributed by atoms with E-state index in [9.17, 15) is 0 Å².